The van der Waals surface area contributed by atoms with Crippen LogP contribution in [-0.4, -0.2) is 96.7 Å². The molecule has 3 N–H and O–H groups in total. The molecule has 19 heteroatoms. The summed E-state index contributed by atoms with van der Waals surface area (Å²) < 4.78 is 68.2. The number of hydrogen-bond acceptors (Lipinski definition) is 15. The molecule has 5 atom stereocenters. The fourth-order valence-corrected chi connectivity index (χ4v) is 11.6. The molecule has 0 aromatic heterocycles. The molecule has 0 amide bonds. The zero-order chi connectivity index (χ0) is 65.7. The summed E-state index contributed by atoms with van der Waals surface area (Å²) >= 11 is 0. The number of hydrogen-bond donors (Lipinski definition) is 3. The topological polar surface area (TPSA) is 237 Å². The molecular weight excluding hydrogens is 1170 g/mol. The van der Waals surface area contributed by atoms with E-state index >= 15 is 0 Å². The van der Waals surface area contributed by atoms with E-state index in [1.807, 2.05) is 0 Å². The molecule has 0 aliphatic rings. The van der Waals surface area contributed by atoms with Gasteiger partial charge in [-0.25, -0.2) is 9.13 Å². The van der Waals surface area contributed by atoms with Crippen molar-refractivity contribution in [3.63, 3.8) is 0 Å². The van der Waals surface area contributed by atoms with Crippen molar-refractivity contribution in [2.45, 2.75) is 349 Å². The number of ether oxygens (including phenoxy) is 4. The predicted octanol–water partition coefficient (Wildman–Crippen LogP) is 19.5. The van der Waals surface area contributed by atoms with Crippen molar-refractivity contribution >= 4 is 39.5 Å². The molecular formula is C70H132O17P2. The lowest BCUT2D eigenvalue weighted by atomic mass is 10.0. The number of carbonyl (C=O) groups is 4. The highest BCUT2D eigenvalue weighted by atomic mass is 31.2. The highest BCUT2D eigenvalue weighted by Crippen LogP contribution is 2.45. The number of phosphoric acid groups is 2. The van der Waals surface area contributed by atoms with Crippen LogP contribution in [0.2, 0.25) is 0 Å². The third kappa shape index (κ3) is 64.1. The number of esters is 4. The van der Waals surface area contributed by atoms with Gasteiger partial charge in [0.2, 0.25) is 0 Å². The molecule has 0 heterocycles. The molecule has 0 aromatic carbocycles. The third-order valence-corrected chi connectivity index (χ3v) is 17.5. The van der Waals surface area contributed by atoms with Gasteiger partial charge in [-0.15, -0.1) is 0 Å². The Morgan fingerprint density at radius 3 is 0.921 bits per heavy atom. The quantitative estimate of drug-likeness (QED) is 0.0169. The maximum Gasteiger partial charge on any atom is 0.472 e. The van der Waals surface area contributed by atoms with Crippen molar-refractivity contribution in [1.82, 2.24) is 0 Å². The van der Waals surface area contributed by atoms with E-state index in [-0.39, 0.29) is 25.7 Å². The van der Waals surface area contributed by atoms with Crippen LogP contribution < -0.4 is 0 Å². The lowest BCUT2D eigenvalue weighted by Gasteiger charge is -2.21. The van der Waals surface area contributed by atoms with Crippen molar-refractivity contribution in [3.8, 4) is 0 Å². The molecule has 0 radical (unpaired) electrons. The molecule has 17 nitrogen and oxygen atoms in total. The van der Waals surface area contributed by atoms with E-state index in [9.17, 15) is 43.2 Å². The van der Waals surface area contributed by atoms with Gasteiger partial charge in [-0.1, -0.05) is 278 Å². The summed E-state index contributed by atoms with van der Waals surface area (Å²) in [6, 6.07) is 0. The van der Waals surface area contributed by atoms with E-state index in [2.05, 4.69) is 65.8 Å². The summed E-state index contributed by atoms with van der Waals surface area (Å²) in [7, 11) is -9.91. The number of aliphatic hydroxyl groups is 1. The van der Waals surface area contributed by atoms with Crippen LogP contribution in [0.1, 0.15) is 330 Å². The second-order valence-electron chi connectivity index (χ2n) is 25.5. The molecule has 0 saturated carbocycles. The van der Waals surface area contributed by atoms with Crippen molar-refractivity contribution in [1.29, 1.82) is 0 Å². The Kier molecular flexibility index (Phi) is 60.0. The largest absolute Gasteiger partial charge is 0.472 e. The molecule has 0 spiro atoms. The van der Waals surface area contributed by atoms with E-state index in [1.54, 1.807) is 0 Å². The Morgan fingerprint density at radius 1 is 0.348 bits per heavy atom. The molecule has 0 bridgehead atoms. The van der Waals surface area contributed by atoms with Crippen molar-refractivity contribution in [2.24, 2.45) is 11.8 Å². The second-order valence-corrected chi connectivity index (χ2v) is 28.4. The van der Waals surface area contributed by atoms with Crippen LogP contribution >= 0.6 is 15.6 Å². The first kappa shape index (κ1) is 86.5. The SMILES string of the molecule is CCCCCC/C=C\C=C/CCCCCCCC(=O)O[C@H](COC(=O)CCCCCCCCCCCCCCC(C)C)COP(=O)(O)OC[C@@H](O)COP(=O)(O)OC[C@@H](COC(=O)CCCCCCCCC(C)C)OC(=O)CCCCCCCCCCCC. The Bertz CT molecular complexity index is 1830. The molecule has 89 heavy (non-hydrogen) atoms. The maximum absolute atomic E-state index is 13.0. The van der Waals surface area contributed by atoms with E-state index in [0.717, 1.165) is 115 Å². The summed E-state index contributed by atoms with van der Waals surface area (Å²) in [6.07, 6.45) is 49.5. The first-order chi connectivity index (χ1) is 42.9. The molecule has 0 rings (SSSR count). The number of carbonyl (C=O) groups excluding carboxylic acids is 4. The fourth-order valence-electron chi connectivity index (χ4n) is 10.1. The molecule has 0 saturated heterocycles. The summed E-state index contributed by atoms with van der Waals surface area (Å²) in [6.45, 7) is 9.39. The van der Waals surface area contributed by atoms with Gasteiger partial charge in [0.25, 0.3) is 0 Å². The van der Waals surface area contributed by atoms with E-state index in [4.69, 9.17) is 37.0 Å². The minimum atomic E-state index is -4.96. The van der Waals surface area contributed by atoms with Crippen LogP contribution in [0.5, 0.6) is 0 Å². The first-order valence-corrected chi connectivity index (χ1v) is 38.8. The van der Waals surface area contributed by atoms with Gasteiger partial charge in [0, 0.05) is 25.7 Å². The minimum absolute atomic E-state index is 0.0848. The van der Waals surface area contributed by atoms with E-state index in [1.165, 1.54) is 128 Å². The van der Waals surface area contributed by atoms with Crippen LogP contribution in [0.15, 0.2) is 24.3 Å². The summed E-state index contributed by atoms with van der Waals surface area (Å²) in [5.41, 5.74) is 0. The van der Waals surface area contributed by atoms with E-state index in [0.29, 0.717) is 31.6 Å². The molecule has 2 unspecified atom stereocenters. The van der Waals surface area contributed by atoms with Gasteiger partial charge >= 0.3 is 39.5 Å². The third-order valence-electron chi connectivity index (χ3n) is 15.6. The van der Waals surface area contributed by atoms with Crippen LogP contribution in [0, 0.1) is 11.8 Å². The van der Waals surface area contributed by atoms with Crippen LogP contribution in [-0.2, 0) is 65.4 Å². The van der Waals surface area contributed by atoms with Gasteiger partial charge in [0.15, 0.2) is 12.2 Å². The standard InChI is InChI=1S/C70H132O17P2/c1-7-9-11-13-15-17-19-20-21-22-27-31-35-43-49-55-70(75)86-65(58-80-67(72)52-46-40-33-30-26-24-23-25-28-32-38-44-50-62(3)4)60-84-88(76,77)82-56-64(71)57-83-89(78,79)85-61-66(59-81-68(73)53-47-41-37-36-39-45-51-63(5)6)87-69(74)54-48-42-34-29-18-16-14-12-10-8-2/h17,19-21,62-66,71H,7-16,18,22-61H2,1-6H3,(H,76,77)(H,78,79)/b19-17-,21-20-/t64-,65-,66-/m1/s1. The van der Waals surface area contributed by atoms with Gasteiger partial charge < -0.3 is 33.8 Å². The summed E-state index contributed by atoms with van der Waals surface area (Å²) in [5, 5.41) is 10.6. The number of unbranched alkanes of at least 4 members (excludes halogenated alkanes) is 34. The molecule has 524 valence electrons. The Hall–Kier alpha value is -2.46. The number of rotatable bonds is 67. The average molecular weight is 1310 g/mol. The highest BCUT2D eigenvalue weighted by molar-refractivity contribution is 7.47. The van der Waals surface area contributed by atoms with Gasteiger partial charge in [-0.05, 0) is 63.2 Å². The van der Waals surface area contributed by atoms with Crippen molar-refractivity contribution in [2.75, 3.05) is 39.6 Å². The number of allylic oxidation sites excluding steroid dienone is 4. The van der Waals surface area contributed by atoms with Crippen LogP contribution in [0.25, 0.3) is 0 Å². The monoisotopic (exact) mass is 1310 g/mol. The molecule has 0 fully saturated rings. The first-order valence-electron chi connectivity index (χ1n) is 35.8. The molecule has 0 aliphatic carbocycles. The van der Waals surface area contributed by atoms with Crippen LogP contribution in [0.4, 0.5) is 0 Å². The smallest absolute Gasteiger partial charge is 0.462 e. The van der Waals surface area contributed by atoms with Crippen molar-refractivity contribution in [3.05, 3.63) is 24.3 Å². The highest BCUT2D eigenvalue weighted by Gasteiger charge is 2.30. The number of phosphoric ester groups is 2. The maximum atomic E-state index is 13.0. The lowest BCUT2D eigenvalue weighted by Crippen LogP contribution is -2.30. The fraction of sp³-hybridized carbons (Fsp3) is 0.886. The van der Waals surface area contributed by atoms with Gasteiger partial charge in [-0.3, -0.25) is 37.3 Å². The summed E-state index contributed by atoms with van der Waals surface area (Å²) in [5.74, 6) is -0.700. The second kappa shape index (κ2) is 61.7. The average Bonchev–Trinajstić information content (AvgIpc) is 3.55. The molecule has 0 aliphatic heterocycles. The Labute approximate surface area is 542 Å². The normalized spacial score (nSPS) is 14.3. The minimum Gasteiger partial charge on any atom is -0.462 e. The summed E-state index contributed by atoms with van der Waals surface area (Å²) in [4.78, 5) is 72.4. The Balaban J connectivity index is 5.27. The van der Waals surface area contributed by atoms with Crippen molar-refractivity contribution < 1.29 is 80.2 Å². The lowest BCUT2D eigenvalue weighted by molar-refractivity contribution is -0.161. The molecule has 0 aromatic rings. The van der Waals surface area contributed by atoms with Crippen LogP contribution in [0.3, 0.4) is 0 Å². The van der Waals surface area contributed by atoms with E-state index < -0.39 is 97.5 Å². The van der Waals surface area contributed by atoms with Gasteiger partial charge in [-0.2, -0.15) is 0 Å². The zero-order valence-corrected chi connectivity index (χ0v) is 59.0. The Morgan fingerprint density at radius 2 is 0.607 bits per heavy atom. The van der Waals surface area contributed by atoms with Gasteiger partial charge in [0.05, 0.1) is 26.4 Å². The number of aliphatic hydroxyl groups excluding tert-OH is 1. The predicted molar refractivity (Wildman–Crippen MR) is 358 cm³/mol. The zero-order valence-electron chi connectivity index (χ0n) is 57.2. The van der Waals surface area contributed by atoms with Gasteiger partial charge in [0.1, 0.15) is 19.3 Å².